The zero-order valence-corrected chi connectivity index (χ0v) is 11.3. The third-order valence-corrected chi connectivity index (χ3v) is 3.27. The molecular weight excluding hydrogens is 212 g/mol. The maximum atomic E-state index is 12.1. The fourth-order valence-corrected chi connectivity index (χ4v) is 2.15. The summed E-state index contributed by atoms with van der Waals surface area (Å²) in [4.78, 5) is 12.1. The van der Waals surface area contributed by atoms with E-state index < -0.39 is 0 Å². The van der Waals surface area contributed by atoms with Crippen molar-refractivity contribution in [1.29, 1.82) is 0 Å². The van der Waals surface area contributed by atoms with E-state index in [0.29, 0.717) is 6.61 Å². The predicted molar refractivity (Wildman–Crippen MR) is 68.7 cm³/mol. The van der Waals surface area contributed by atoms with Crippen LogP contribution in [0.25, 0.3) is 0 Å². The molecule has 2 rings (SSSR count). The minimum absolute atomic E-state index is 0.118. The second kappa shape index (κ2) is 3.95. The quantitative estimate of drug-likeness (QED) is 0.579. The summed E-state index contributed by atoms with van der Waals surface area (Å²) in [6, 6.07) is 4.26. The molecule has 0 saturated carbocycles. The maximum Gasteiger partial charge on any atom is 0.194 e. The van der Waals surface area contributed by atoms with E-state index in [1.165, 1.54) is 5.56 Å². The van der Waals surface area contributed by atoms with E-state index in [9.17, 15) is 4.79 Å². The van der Waals surface area contributed by atoms with E-state index in [0.717, 1.165) is 16.7 Å². The number of carbonyl (C=O) groups excluding carboxylic acids is 1. The van der Waals surface area contributed by atoms with Crippen molar-refractivity contribution in [3.63, 3.8) is 0 Å². The number of aryl methyl sites for hydroxylation is 2. The molecule has 1 saturated heterocycles. The summed E-state index contributed by atoms with van der Waals surface area (Å²) in [6.45, 7) is 11.2. The molecule has 0 radical (unpaired) electrons. The summed E-state index contributed by atoms with van der Waals surface area (Å²) < 4.78 is 5.08. The first kappa shape index (κ1) is 12.3. The zero-order valence-electron chi connectivity index (χ0n) is 11.3. The van der Waals surface area contributed by atoms with Crippen LogP contribution in [0.1, 0.15) is 47.8 Å². The Morgan fingerprint density at radius 3 is 2.06 bits per heavy atom. The van der Waals surface area contributed by atoms with Crippen LogP contribution in [0.15, 0.2) is 12.1 Å². The second-order valence-electron chi connectivity index (χ2n) is 5.92. The van der Waals surface area contributed by atoms with Gasteiger partial charge in [-0.25, -0.2) is 0 Å². The first-order valence-corrected chi connectivity index (χ1v) is 6.08. The summed E-state index contributed by atoms with van der Waals surface area (Å²) >= 11 is 0. The van der Waals surface area contributed by atoms with Gasteiger partial charge >= 0.3 is 0 Å². The van der Waals surface area contributed by atoms with Gasteiger partial charge in [0.15, 0.2) is 5.78 Å². The van der Waals surface area contributed by atoms with Crippen LogP contribution in [0.2, 0.25) is 0 Å². The maximum absolute atomic E-state index is 12.1. The van der Waals surface area contributed by atoms with Crippen LogP contribution in [-0.2, 0) is 10.2 Å². The molecule has 0 amide bonds. The minimum atomic E-state index is -0.187. The summed E-state index contributed by atoms with van der Waals surface area (Å²) in [5, 5.41) is 0. The van der Waals surface area contributed by atoms with Crippen LogP contribution in [-0.4, -0.2) is 18.5 Å². The Morgan fingerprint density at radius 1 is 1.24 bits per heavy atom. The number of carbonyl (C=O) groups is 1. The van der Waals surface area contributed by atoms with Crippen molar-refractivity contribution >= 4 is 5.78 Å². The van der Waals surface area contributed by atoms with E-state index in [2.05, 4.69) is 32.9 Å². The predicted octanol–water partition coefficient (Wildman–Crippen LogP) is 3.18. The highest BCUT2D eigenvalue weighted by atomic mass is 16.6. The number of ether oxygens (including phenoxy) is 1. The van der Waals surface area contributed by atoms with E-state index in [-0.39, 0.29) is 17.3 Å². The number of rotatable bonds is 2. The SMILES string of the molecule is Cc1cc(C(C)(C)C)cc(C)c1C(=O)C1CO1. The standard InChI is InChI=1S/C15H20O2/c1-9-6-11(15(3,4)5)7-10(2)13(9)14(16)12-8-17-12/h6-7,12H,8H2,1-5H3. The van der Waals surface area contributed by atoms with Crippen LogP contribution < -0.4 is 0 Å². The zero-order chi connectivity index (χ0) is 12.8. The van der Waals surface area contributed by atoms with Gasteiger partial charge in [0.2, 0.25) is 0 Å². The van der Waals surface area contributed by atoms with Crippen molar-refractivity contribution < 1.29 is 9.53 Å². The van der Waals surface area contributed by atoms with Crippen LogP contribution in [0.3, 0.4) is 0 Å². The average molecular weight is 232 g/mol. The third kappa shape index (κ3) is 2.42. The summed E-state index contributed by atoms with van der Waals surface area (Å²) in [5.74, 6) is 0.139. The van der Waals surface area contributed by atoms with Gasteiger partial charge in [-0.15, -0.1) is 0 Å². The molecule has 0 N–H and O–H groups in total. The number of hydrogen-bond acceptors (Lipinski definition) is 2. The molecule has 1 aliphatic heterocycles. The molecule has 92 valence electrons. The van der Waals surface area contributed by atoms with Crippen molar-refractivity contribution in [3.8, 4) is 0 Å². The molecule has 17 heavy (non-hydrogen) atoms. The lowest BCUT2D eigenvalue weighted by atomic mass is 9.83. The molecule has 0 spiro atoms. The molecule has 0 bridgehead atoms. The molecule has 1 unspecified atom stereocenters. The molecule has 2 nitrogen and oxygen atoms in total. The number of Topliss-reactive ketones (excluding diaryl/α,β-unsaturated/α-hetero) is 1. The molecule has 1 heterocycles. The number of benzene rings is 1. The van der Waals surface area contributed by atoms with Crippen LogP contribution in [0, 0.1) is 13.8 Å². The summed E-state index contributed by atoms with van der Waals surface area (Å²) in [7, 11) is 0. The highest BCUT2D eigenvalue weighted by Gasteiger charge is 2.34. The first-order valence-electron chi connectivity index (χ1n) is 6.08. The highest BCUT2D eigenvalue weighted by molar-refractivity contribution is 6.03. The highest BCUT2D eigenvalue weighted by Crippen LogP contribution is 2.29. The van der Waals surface area contributed by atoms with E-state index >= 15 is 0 Å². The van der Waals surface area contributed by atoms with Crippen molar-refractivity contribution in [3.05, 3.63) is 34.4 Å². The van der Waals surface area contributed by atoms with Crippen LogP contribution in [0.5, 0.6) is 0 Å². The van der Waals surface area contributed by atoms with Crippen molar-refractivity contribution in [2.75, 3.05) is 6.61 Å². The monoisotopic (exact) mass is 232 g/mol. The normalized spacial score (nSPS) is 19.2. The summed E-state index contributed by atoms with van der Waals surface area (Å²) in [5.41, 5.74) is 4.37. The second-order valence-corrected chi connectivity index (χ2v) is 5.92. The van der Waals surface area contributed by atoms with E-state index in [1.807, 2.05) is 13.8 Å². The lowest BCUT2D eigenvalue weighted by molar-refractivity contribution is 0.0952. The number of epoxide rings is 1. The van der Waals surface area contributed by atoms with E-state index in [4.69, 9.17) is 4.74 Å². The van der Waals surface area contributed by atoms with Gasteiger partial charge in [-0.1, -0.05) is 32.9 Å². The smallest absolute Gasteiger partial charge is 0.194 e. The Morgan fingerprint density at radius 2 is 1.71 bits per heavy atom. The van der Waals surface area contributed by atoms with Gasteiger partial charge in [-0.2, -0.15) is 0 Å². The van der Waals surface area contributed by atoms with Gasteiger partial charge in [0.1, 0.15) is 6.10 Å². The average Bonchev–Trinajstić information content (AvgIpc) is 2.97. The number of hydrogen-bond donors (Lipinski definition) is 0. The van der Waals surface area contributed by atoms with Gasteiger partial charge < -0.3 is 4.74 Å². The van der Waals surface area contributed by atoms with Crippen molar-refractivity contribution in [2.45, 2.75) is 46.1 Å². The van der Waals surface area contributed by atoms with Crippen LogP contribution in [0.4, 0.5) is 0 Å². The molecule has 1 fully saturated rings. The van der Waals surface area contributed by atoms with Crippen molar-refractivity contribution in [1.82, 2.24) is 0 Å². The Hall–Kier alpha value is -1.15. The van der Waals surface area contributed by atoms with Gasteiger partial charge in [0, 0.05) is 5.56 Å². The Kier molecular flexibility index (Phi) is 2.86. The largest absolute Gasteiger partial charge is 0.364 e. The topological polar surface area (TPSA) is 29.6 Å². The lowest BCUT2D eigenvalue weighted by Gasteiger charge is -2.21. The van der Waals surface area contributed by atoms with Gasteiger partial charge in [-0.05, 0) is 36.0 Å². The summed E-state index contributed by atoms with van der Waals surface area (Å²) in [6.07, 6.45) is -0.187. The molecule has 0 aliphatic carbocycles. The van der Waals surface area contributed by atoms with Gasteiger partial charge in [0.05, 0.1) is 6.61 Å². The molecule has 1 atom stereocenters. The molecule has 2 heteroatoms. The first-order chi connectivity index (χ1) is 7.80. The Bertz CT molecular complexity index is 439. The fourth-order valence-electron chi connectivity index (χ4n) is 2.15. The molecular formula is C15H20O2. The minimum Gasteiger partial charge on any atom is -0.364 e. The van der Waals surface area contributed by atoms with Gasteiger partial charge in [0.25, 0.3) is 0 Å². The van der Waals surface area contributed by atoms with Crippen molar-refractivity contribution in [2.24, 2.45) is 0 Å². The third-order valence-electron chi connectivity index (χ3n) is 3.27. The molecule has 0 aromatic heterocycles. The molecule has 1 aliphatic rings. The lowest BCUT2D eigenvalue weighted by Crippen LogP contribution is -2.16. The molecule has 1 aromatic rings. The van der Waals surface area contributed by atoms with Crippen LogP contribution >= 0.6 is 0 Å². The number of ketones is 1. The molecule has 1 aromatic carbocycles. The fraction of sp³-hybridized carbons (Fsp3) is 0.533. The van der Waals surface area contributed by atoms with Gasteiger partial charge in [-0.3, -0.25) is 4.79 Å². The Labute approximate surface area is 103 Å². The van der Waals surface area contributed by atoms with E-state index in [1.54, 1.807) is 0 Å². The Balaban J connectivity index is 2.45.